The minimum Gasteiger partial charge on any atom is -0.367 e. The van der Waals surface area contributed by atoms with Gasteiger partial charge in [-0.25, -0.2) is 4.98 Å². The van der Waals surface area contributed by atoms with E-state index < -0.39 is 0 Å². The Kier molecular flexibility index (Phi) is 3.72. The van der Waals surface area contributed by atoms with Crippen LogP contribution < -0.4 is 10.2 Å². The third kappa shape index (κ3) is 2.75. The Hall–Kier alpha value is -2.41. The molecule has 3 aromatic rings. The van der Waals surface area contributed by atoms with Crippen molar-refractivity contribution in [2.45, 2.75) is 25.9 Å². The summed E-state index contributed by atoms with van der Waals surface area (Å²) in [6.45, 7) is 4.96. The predicted octanol–water partition coefficient (Wildman–Crippen LogP) is 1.38. The summed E-state index contributed by atoms with van der Waals surface area (Å²) in [7, 11) is 3.89. The minimum atomic E-state index is 0.496. The Morgan fingerprint density at radius 2 is 2.17 bits per heavy atom. The van der Waals surface area contributed by atoms with Crippen molar-refractivity contribution in [1.82, 2.24) is 29.9 Å². The van der Waals surface area contributed by atoms with Crippen molar-refractivity contribution >= 4 is 16.7 Å². The molecular formula is C17H23N7. The van der Waals surface area contributed by atoms with Crippen molar-refractivity contribution in [3.05, 3.63) is 35.9 Å². The second-order valence-corrected chi connectivity index (χ2v) is 6.61. The smallest absolute Gasteiger partial charge is 0.157 e. The Bertz CT molecular complexity index is 863. The summed E-state index contributed by atoms with van der Waals surface area (Å²) >= 11 is 0. The standard InChI is InChI=1S/C17H23N7/c1-12-16-6-13(8-19-17(16)23(3)21-12)7-18-14-4-5-24(10-14)15-9-20-22(2)11-15/h6,8-9,11,14,18H,4-5,7,10H2,1-3H3. The molecule has 0 aliphatic carbocycles. The monoisotopic (exact) mass is 325 g/mol. The van der Waals surface area contributed by atoms with Crippen molar-refractivity contribution in [1.29, 1.82) is 0 Å². The molecule has 1 fully saturated rings. The molecule has 1 aliphatic rings. The predicted molar refractivity (Wildman–Crippen MR) is 93.9 cm³/mol. The lowest BCUT2D eigenvalue weighted by molar-refractivity contribution is 0.551. The molecule has 0 amide bonds. The average Bonchev–Trinajstić information content (AvgIpc) is 3.26. The zero-order valence-electron chi connectivity index (χ0n) is 14.4. The molecule has 24 heavy (non-hydrogen) atoms. The maximum Gasteiger partial charge on any atom is 0.157 e. The molecule has 1 aliphatic heterocycles. The van der Waals surface area contributed by atoms with Gasteiger partial charge >= 0.3 is 0 Å². The van der Waals surface area contributed by atoms with E-state index in [-0.39, 0.29) is 0 Å². The van der Waals surface area contributed by atoms with Gasteiger partial charge in [0, 0.05) is 57.6 Å². The number of aryl methyl sites for hydroxylation is 3. The second kappa shape index (κ2) is 5.90. The number of nitrogens with zero attached hydrogens (tertiary/aromatic N) is 6. The SMILES string of the molecule is Cc1nn(C)c2ncc(CNC3CCN(c4cnn(C)c4)C3)cc12. The molecular weight excluding hydrogens is 302 g/mol. The van der Waals surface area contributed by atoms with Gasteiger partial charge in [-0.15, -0.1) is 0 Å². The molecule has 0 radical (unpaired) electrons. The van der Waals surface area contributed by atoms with Crippen LogP contribution in [0.25, 0.3) is 11.0 Å². The summed E-state index contributed by atoms with van der Waals surface area (Å²) in [6.07, 6.45) is 7.11. The summed E-state index contributed by atoms with van der Waals surface area (Å²) in [5.41, 5.74) is 4.39. The van der Waals surface area contributed by atoms with Crippen molar-refractivity contribution < 1.29 is 0 Å². The van der Waals surface area contributed by atoms with Gasteiger partial charge in [0.25, 0.3) is 0 Å². The molecule has 0 spiro atoms. The fourth-order valence-corrected chi connectivity index (χ4v) is 3.44. The summed E-state index contributed by atoms with van der Waals surface area (Å²) in [4.78, 5) is 6.94. The Morgan fingerprint density at radius 1 is 1.29 bits per heavy atom. The van der Waals surface area contributed by atoms with Crippen molar-refractivity contribution in [2.24, 2.45) is 14.1 Å². The fraction of sp³-hybridized carbons (Fsp3) is 0.471. The largest absolute Gasteiger partial charge is 0.367 e. The van der Waals surface area contributed by atoms with Gasteiger partial charge in [-0.1, -0.05) is 0 Å². The van der Waals surface area contributed by atoms with Crippen LogP contribution in [0.2, 0.25) is 0 Å². The van der Waals surface area contributed by atoms with Crippen LogP contribution in [0.5, 0.6) is 0 Å². The molecule has 7 heteroatoms. The fourth-order valence-electron chi connectivity index (χ4n) is 3.44. The van der Waals surface area contributed by atoms with E-state index in [0.29, 0.717) is 6.04 Å². The number of hydrogen-bond acceptors (Lipinski definition) is 5. The molecule has 126 valence electrons. The first-order valence-electron chi connectivity index (χ1n) is 8.35. The molecule has 7 nitrogen and oxygen atoms in total. The van der Waals surface area contributed by atoms with Crippen LogP contribution in [-0.4, -0.2) is 43.7 Å². The number of fused-ring (bicyclic) bond motifs is 1. The molecule has 4 heterocycles. The maximum atomic E-state index is 4.55. The number of rotatable bonds is 4. The number of anilines is 1. The summed E-state index contributed by atoms with van der Waals surface area (Å²) in [5, 5.41) is 13.5. The van der Waals surface area contributed by atoms with E-state index in [1.165, 1.54) is 11.3 Å². The van der Waals surface area contributed by atoms with Gasteiger partial charge < -0.3 is 10.2 Å². The number of pyridine rings is 1. The highest BCUT2D eigenvalue weighted by Gasteiger charge is 2.23. The van der Waals surface area contributed by atoms with E-state index in [9.17, 15) is 0 Å². The maximum absolute atomic E-state index is 4.55. The van der Waals surface area contributed by atoms with Crippen LogP contribution in [0, 0.1) is 6.92 Å². The van der Waals surface area contributed by atoms with Gasteiger partial charge in [0.05, 0.1) is 17.6 Å². The molecule has 0 saturated carbocycles. The van der Waals surface area contributed by atoms with Crippen LogP contribution in [0.3, 0.4) is 0 Å². The molecule has 1 unspecified atom stereocenters. The Labute approximate surface area is 141 Å². The van der Waals surface area contributed by atoms with Gasteiger partial charge in [0.1, 0.15) is 0 Å². The third-order valence-corrected chi connectivity index (χ3v) is 4.76. The van der Waals surface area contributed by atoms with E-state index in [1.807, 2.05) is 42.8 Å². The third-order valence-electron chi connectivity index (χ3n) is 4.76. The van der Waals surface area contributed by atoms with Crippen LogP contribution >= 0.6 is 0 Å². The molecule has 1 atom stereocenters. The summed E-state index contributed by atoms with van der Waals surface area (Å²) in [5.74, 6) is 0. The molecule has 1 N–H and O–H groups in total. The average molecular weight is 325 g/mol. The topological polar surface area (TPSA) is 63.8 Å². The number of nitrogens with one attached hydrogen (secondary N) is 1. The van der Waals surface area contributed by atoms with Gasteiger partial charge in [0.15, 0.2) is 5.65 Å². The lowest BCUT2D eigenvalue weighted by atomic mass is 10.2. The van der Waals surface area contributed by atoms with Crippen molar-refractivity contribution in [3.8, 4) is 0 Å². The molecule has 1 saturated heterocycles. The van der Waals surface area contributed by atoms with Crippen LogP contribution in [0.4, 0.5) is 5.69 Å². The Balaban J connectivity index is 1.40. The van der Waals surface area contributed by atoms with Crippen molar-refractivity contribution in [3.63, 3.8) is 0 Å². The van der Waals surface area contributed by atoms with Crippen LogP contribution in [-0.2, 0) is 20.6 Å². The van der Waals surface area contributed by atoms with E-state index >= 15 is 0 Å². The highest BCUT2D eigenvalue weighted by atomic mass is 15.3. The lowest BCUT2D eigenvalue weighted by Gasteiger charge is -2.16. The van der Waals surface area contributed by atoms with Gasteiger partial charge in [-0.05, 0) is 25.0 Å². The Morgan fingerprint density at radius 3 is 2.96 bits per heavy atom. The van der Waals surface area contributed by atoms with Gasteiger partial charge in [-0.2, -0.15) is 10.2 Å². The van der Waals surface area contributed by atoms with E-state index in [4.69, 9.17) is 0 Å². The number of aromatic nitrogens is 5. The van der Waals surface area contributed by atoms with Crippen LogP contribution in [0.1, 0.15) is 17.7 Å². The zero-order valence-corrected chi connectivity index (χ0v) is 14.4. The first kappa shape index (κ1) is 15.1. The molecule has 3 aromatic heterocycles. The minimum absolute atomic E-state index is 0.496. The lowest BCUT2D eigenvalue weighted by Crippen LogP contribution is -2.32. The number of hydrogen-bond donors (Lipinski definition) is 1. The molecule has 4 rings (SSSR count). The van der Waals surface area contributed by atoms with Gasteiger partial charge in [-0.3, -0.25) is 9.36 Å². The zero-order chi connectivity index (χ0) is 16.7. The van der Waals surface area contributed by atoms with E-state index in [2.05, 4.69) is 37.7 Å². The van der Waals surface area contributed by atoms with E-state index in [0.717, 1.165) is 42.8 Å². The summed E-state index contributed by atoms with van der Waals surface area (Å²) < 4.78 is 3.69. The highest BCUT2D eigenvalue weighted by Crippen LogP contribution is 2.20. The van der Waals surface area contributed by atoms with Crippen molar-refractivity contribution in [2.75, 3.05) is 18.0 Å². The first-order chi connectivity index (χ1) is 11.6. The molecule has 0 aromatic carbocycles. The quantitative estimate of drug-likeness (QED) is 0.785. The molecule has 0 bridgehead atoms. The second-order valence-electron chi connectivity index (χ2n) is 6.61. The summed E-state index contributed by atoms with van der Waals surface area (Å²) in [6, 6.07) is 2.70. The van der Waals surface area contributed by atoms with Crippen LogP contribution in [0.15, 0.2) is 24.7 Å². The van der Waals surface area contributed by atoms with E-state index in [1.54, 1.807) is 0 Å². The van der Waals surface area contributed by atoms with Gasteiger partial charge in [0.2, 0.25) is 0 Å². The normalized spacial score (nSPS) is 18.0. The first-order valence-corrected chi connectivity index (χ1v) is 8.35. The highest BCUT2D eigenvalue weighted by molar-refractivity contribution is 5.78.